The Labute approximate surface area is 282 Å². The molecule has 0 unspecified atom stereocenters. The van der Waals surface area contributed by atoms with E-state index in [9.17, 15) is 23.7 Å². The van der Waals surface area contributed by atoms with E-state index in [1.54, 1.807) is 0 Å². The molecule has 0 spiro atoms. The van der Waals surface area contributed by atoms with E-state index in [1.807, 2.05) is 49.4 Å². The standard InChI is InChI=1S/C33H49N4O10P/c1-22(2)19-37(20-23(3)4)28-14-10-25(18-27(28)36-32(41)35-26-12-8-24(5)9-13-26)11-15-29(38)45-21-46-30(39)16-17-34-31(40)33(6,7)47-48(42,43)44/h8-10,12-14,18,22-23H,11,15-17,19-21H2,1-7H3,(H,34,40)(H2,35,36,41)(H2,42,43,44). The first-order valence-electron chi connectivity index (χ1n) is 15.7. The molecule has 0 atom stereocenters. The summed E-state index contributed by atoms with van der Waals surface area (Å²) in [6.45, 7) is 13.6. The summed E-state index contributed by atoms with van der Waals surface area (Å²) in [4.78, 5) is 69.5. The number of benzene rings is 2. The Morgan fingerprint density at radius 3 is 2.02 bits per heavy atom. The lowest BCUT2D eigenvalue weighted by Crippen LogP contribution is -2.44. The zero-order valence-corrected chi connectivity index (χ0v) is 29.6. The number of hydrogen-bond donors (Lipinski definition) is 5. The van der Waals surface area contributed by atoms with Gasteiger partial charge in [0.1, 0.15) is 0 Å². The van der Waals surface area contributed by atoms with Crippen molar-refractivity contribution in [1.29, 1.82) is 0 Å². The molecule has 5 N–H and O–H groups in total. The zero-order valence-electron chi connectivity index (χ0n) is 28.7. The highest BCUT2D eigenvalue weighted by Gasteiger charge is 2.35. The fourth-order valence-corrected chi connectivity index (χ4v) is 5.25. The van der Waals surface area contributed by atoms with Crippen LogP contribution in [0.25, 0.3) is 0 Å². The summed E-state index contributed by atoms with van der Waals surface area (Å²) in [5, 5.41) is 8.17. The van der Waals surface area contributed by atoms with Gasteiger partial charge < -0.3 is 40.1 Å². The summed E-state index contributed by atoms with van der Waals surface area (Å²) in [5.74, 6) is -1.45. The number of hydrogen-bond acceptors (Lipinski definition) is 9. The maximum absolute atomic E-state index is 13.0. The third kappa shape index (κ3) is 15.3. The Bertz CT molecular complexity index is 1430. The Morgan fingerprint density at radius 2 is 1.46 bits per heavy atom. The molecular weight excluding hydrogens is 643 g/mol. The first kappa shape index (κ1) is 40.2. The summed E-state index contributed by atoms with van der Waals surface area (Å²) in [6.07, 6.45) is 0.00598. The van der Waals surface area contributed by atoms with Crippen LogP contribution in [0.2, 0.25) is 0 Å². The van der Waals surface area contributed by atoms with E-state index >= 15 is 0 Å². The molecule has 15 heteroatoms. The second-order valence-corrected chi connectivity index (χ2v) is 13.9. The van der Waals surface area contributed by atoms with Crippen LogP contribution in [-0.4, -0.2) is 65.7 Å². The van der Waals surface area contributed by atoms with Crippen molar-refractivity contribution in [2.24, 2.45) is 11.8 Å². The minimum absolute atomic E-state index is 0.0156. The van der Waals surface area contributed by atoms with E-state index in [0.29, 0.717) is 29.6 Å². The molecule has 0 heterocycles. The number of phosphoric acid groups is 1. The summed E-state index contributed by atoms with van der Waals surface area (Å²) < 4.78 is 25.4. The monoisotopic (exact) mass is 692 g/mol. The van der Waals surface area contributed by atoms with Crippen molar-refractivity contribution in [2.75, 3.05) is 42.0 Å². The van der Waals surface area contributed by atoms with Gasteiger partial charge in [-0.25, -0.2) is 9.36 Å². The highest BCUT2D eigenvalue weighted by atomic mass is 31.2. The molecule has 48 heavy (non-hydrogen) atoms. The SMILES string of the molecule is Cc1ccc(NC(=O)Nc2cc(CCC(=O)OCOC(=O)CCNC(=O)C(C)(C)OP(=O)(O)O)ccc2N(CC(C)C)CC(C)C)cc1. The Morgan fingerprint density at radius 1 is 0.875 bits per heavy atom. The molecule has 0 fully saturated rings. The molecular formula is C33H49N4O10P. The van der Waals surface area contributed by atoms with Crippen LogP contribution in [0, 0.1) is 18.8 Å². The Hall–Kier alpha value is -3.97. The van der Waals surface area contributed by atoms with Crippen LogP contribution in [0.3, 0.4) is 0 Å². The number of esters is 2. The second-order valence-electron chi connectivity index (χ2n) is 12.7. The molecule has 0 radical (unpaired) electrons. The lowest BCUT2D eigenvalue weighted by Gasteiger charge is -2.30. The fourth-order valence-electron chi connectivity index (χ4n) is 4.57. The number of phosphoric ester groups is 1. The molecule has 0 bridgehead atoms. The van der Waals surface area contributed by atoms with Crippen molar-refractivity contribution < 1.29 is 47.5 Å². The van der Waals surface area contributed by atoms with Gasteiger partial charge in [0.15, 0.2) is 5.60 Å². The van der Waals surface area contributed by atoms with Crippen molar-refractivity contribution in [3.05, 3.63) is 53.6 Å². The van der Waals surface area contributed by atoms with Gasteiger partial charge in [-0.1, -0.05) is 51.5 Å². The van der Waals surface area contributed by atoms with Gasteiger partial charge in [0.2, 0.25) is 6.79 Å². The topological polar surface area (TPSA) is 193 Å². The molecule has 2 rings (SSSR count). The average molecular weight is 693 g/mol. The predicted octanol–water partition coefficient (Wildman–Crippen LogP) is 5.13. The summed E-state index contributed by atoms with van der Waals surface area (Å²) in [5.41, 5.74) is 2.15. The molecule has 0 aliphatic heterocycles. The van der Waals surface area contributed by atoms with Crippen LogP contribution >= 0.6 is 7.82 Å². The van der Waals surface area contributed by atoms with Gasteiger partial charge >= 0.3 is 25.8 Å². The van der Waals surface area contributed by atoms with Crippen molar-refractivity contribution >= 4 is 48.8 Å². The van der Waals surface area contributed by atoms with Crippen LogP contribution in [-0.2, 0) is 39.4 Å². The van der Waals surface area contributed by atoms with Crippen molar-refractivity contribution in [2.45, 2.75) is 73.3 Å². The second kappa shape index (κ2) is 18.5. The van der Waals surface area contributed by atoms with E-state index < -0.39 is 44.1 Å². The number of aryl methyl sites for hydroxylation is 2. The van der Waals surface area contributed by atoms with Gasteiger partial charge in [-0.15, -0.1) is 0 Å². The quantitative estimate of drug-likeness (QED) is 0.0790. The van der Waals surface area contributed by atoms with Crippen LogP contribution < -0.4 is 20.9 Å². The van der Waals surface area contributed by atoms with Crippen LogP contribution in [0.15, 0.2) is 42.5 Å². The smallest absolute Gasteiger partial charge is 0.428 e. The van der Waals surface area contributed by atoms with Crippen molar-refractivity contribution in [3.8, 4) is 0 Å². The van der Waals surface area contributed by atoms with Crippen molar-refractivity contribution in [3.63, 3.8) is 0 Å². The Balaban J connectivity index is 1.97. The van der Waals surface area contributed by atoms with E-state index in [2.05, 4.69) is 53.1 Å². The molecule has 0 aliphatic rings. The van der Waals surface area contributed by atoms with Gasteiger partial charge in [-0.05, 0) is 68.9 Å². The zero-order chi connectivity index (χ0) is 36.1. The minimum Gasteiger partial charge on any atom is -0.428 e. The summed E-state index contributed by atoms with van der Waals surface area (Å²) >= 11 is 0. The number of nitrogens with zero attached hydrogens (tertiary/aromatic N) is 1. The minimum atomic E-state index is -4.90. The maximum Gasteiger partial charge on any atom is 0.470 e. The molecule has 14 nitrogen and oxygen atoms in total. The van der Waals surface area contributed by atoms with E-state index in [-0.39, 0.29) is 19.4 Å². The van der Waals surface area contributed by atoms with Crippen molar-refractivity contribution in [1.82, 2.24) is 5.32 Å². The van der Waals surface area contributed by atoms with E-state index in [0.717, 1.165) is 29.9 Å². The molecule has 0 saturated heterocycles. The Kier molecular flexibility index (Phi) is 15.5. The van der Waals surface area contributed by atoms with Gasteiger partial charge in [0.25, 0.3) is 5.91 Å². The number of ether oxygens (including phenoxy) is 2. The maximum atomic E-state index is 13.0. The van der Waals surface area contributed by atoms with E-state index in [4.69, 9.17) is 19.3 Å². The largest absolute Gasteiger partial charge is 0.470 e. The third-order valence-corrected chi connectivity index (χ3v) is 7.39. The predicted molar refractivity (Wildman–Crippen MR) is 182 cm³/mol. The van der Waals surface area contributed by atoms with Gasteiger partial charge in [0, 0.05) is 31.7 Å². The number of amides is 3. The molecule has 2 aromatic carbocycles. The van der Waals surface area contributed by atoms with Gasteiger partial charge in [-0.3, -0.25) is 18.9 Å². The number of nitrogens with one attached hydrogen (secondary N) is 3. The van der Waals surface area contributed by atoms with Crippen LogP contribution in [0.4, 0.5) is 21.9 Å². The number of anilines is 3. The highest BCUT2D eigenvalue weighted by Crippen LogP contribution is 2.41. The third-order valence-electron chi connectivity index (χ3n) is 6.70. The summed E-state index contributed by atoms with van der Waals surface area (Å²) in [6, 6.07) is 12.8. The van der Waals surface area contributed by atoms with Crippen LogP contribution in [0.1, 0.15) is 65.5 Å². The normalized spacial score (nSPS) is 11.6. The first-order valence-corrected chi connectivity index (χ1v) is 17.3. The molecule has 3 amide bonds. The van der Waals surface area contributed by atoms with Crippen LogP contribution in [0.5, 0.6) is 0 Å². The highest BCUT2D eigenvalue weighted by molar-refractivity contribution is 7.46. The molecule has 0 aliphatic carbocycles. The number of rotatable bonds is 18. The lowest BCUT2D eigenvalue weighted by molar-refractivity contribution is -0.167. The number of carbonyl (C=O) groups is 4. The first-order chi connectivity index (χ1) is 22.3. The summed E-state index contributed by atoms with van der Waals surface area (Å²) in [7, 11) is -4.90. The molecule has 2 aromatic rings. The fraction of sp³-hybridized carbons (Fsp3) is 0.515. The number of urea groups is 1. The van der Waals surface area contributed by atoms with Gasteiger partial charge in [0.05, 0.1) is 17.8 Å². The lowest BCUT2D eigenvalue weighted by atomic mass is 10.1. The number of carbonyl (C=O) groups excluding carboxylic acids is 4. The molecule has 0 aromatic heterocycles. The molecule has 0 saturated carbocycles. The molecule has 266 valence electrons. The average Bonchev–Trinajstić information content (AvgIpc) is 2.95. The van der Waals surface area contributed by atoms with Gasteiger partial charge in [-0.2, -0.15) is 0 Å². The van der Waals surface area contributed by atoms with E-state index in [1.165, 1.54) is 13.8 Å².